The molecule has 4 aromatic rings. The number of ether oxygens (including phenoxy) is 2. The van der Waals surface area contributed by atoms with Gasteiger partial charge >= 0.3 is 5.97 Å². The quantitative estimate of drug-likeness (QED) is 0.121. The van der Waals surface area contributed by atoms with Crippen molar-refractivity contribution in [2.45, 2.75) is 44.6 Å². The summed E-state index contributed by atoms with van der Waals surface area (Å²) < 4.78 is 29.0. The van der Waals surface area contributed by atoms with Crippen molar-refractivity contribution in [1.82, 2.24) is 4.90 Å². The minimum Gasteiger partial charge on any atom is -0.588 e. The van der Waals surface area contributed by atoms with Crippen LogP contribution in [0.1, 0.15) is 48.0 Å². The molecule has 49 heavy (non-hydrogen) atoms. The summed E-state index contributed by atoms with van der Waals surface area (Å²) in [5.74, 6) is 0.347. The second kappa shape index (κ2) is 15.8. The highest BCUT2D eigenvalue weighted by Gasteiger charge is 2.34. The lowest BCUT2D eigenvalue weighted by Crippen LogP contribution is -2.54. The topological polar surface area (TPSA) is 85.4 Å². The zero-order chi connectivity index (χ0) is 34.5. The third kappa shape index (κ3) is 7.70. The number of amides is 1. The molecule has 0 bridgehead atoms. The number of hydrogen-bond donors (Lipinski definition) is 0. The van der Waals surface area contributed by atoms with Gasteiger partial charge in [-0.2, -0.15) is 4.31 Å². The van der Waals surface area contributed by atoms with Gasteiger partial charge in [0.1, 0.15) is 27.7 Å². The van der Waals surface area contributed by atoms with Crippen LogP contribution in [0.4, 0.5) is 11.4 Å². The van der Waals surface area contributed by atoms with E-state index in [1.165, 1.54) is 11.3 Å². The molecule has 11 heteroatoms. The van der Waals surface area contributed by atoms with Gasteiger partial charge in [-0.3, -0.25) is 4.79 Å². The summed E-state index contributed by atoms with van der Waals surface area (Å²) in [7, 11) is 0. The maximum atomic E-state index is 14.8. The standard InChI is InChI=1S/C38H40BrN3O5S2/c1-4-46-38(44)30-17-22-47-35-15-14-29(24-31(35)27(30)3)49(45)42(19-16-28-10-6-5-7-11-28)34-13-9-8-12-33(34)41-21-20-40(25-26(41)2)37(43)36-32(39)18-23-48-36/h5-15,18,23-24,26H,4,16-17,19-22,25H2,1-3H3/t26-,49?/m0/s1. The average molecular weight is 763 g/mol. The predicted octanol–water partition coefficient (Wildman–Crippen LogP) is 7.75. The number of thiophene rings is 1. The summed E-state index contributed by atoms with van der Waals surface area (Å²) in [6, 6.07) is 25.8. The maximum absolute atomic E-state index is 14.8. The highest BCUT2D eigenvalue weighted by molar-refractivity contribution is 9.10. The Bertz CT molecular complexity index is 1830. The Morgan fingerprint density at radius 2 is 1.86 bits per heavy atom. The molecule has 1 fully saturated rings. The molecular weight excluding hydrogens is 722 g/mol. The molecule has 8 nitrogen and oxygen atoms in total. The maximum Gasteiger partial charge on any atom is 0.334 e. The molecule has 1 unspecified atom stereocenters. The number of para-hydroxylation sites is 2. The minimum atomic E-state index is -1.61. The number of rotatable bonds is 10. The second-order valence-corrected chi connectivity index (χ2v) is 15.2. The fourth-order valence-corrected chi connectivity index (χ4v) is 9.18. The van der Waals surface area contributed by atoms with Crippen molar-refractivity contribution >= 4 is 67.5 Å². The van der Waals surface area contributed by atoms with Crippen molar-refractivity contribution in [3.63, 3.8) is 0 Å². The van der Waals surface area contributed by atoms with Crippen molar-refractivity contribution in [3.8, 4) is 5.75 Å². The number of piperazine rings is 1. The van der Waals surface area contributed by atoms with Crippen LogP contribution in [0.2, 0.25) is 0 Å². The van der Waals surface area contributed by atoms with Crippen LogP contribution in [0, 0.1) is 0 Å². The minimum absolute atomic E-state index is 0.0284. The average Bonchev–Trinajstić information content (AvgIpc) is 3.48. The van der Waals surface area contributed by atoms with Crippen LogP contribution >= 0.6 is 27.3 Å². The third-order valence-corrected chi connectivity index (χ3v) is 12.2. The Morgan fingerprint density at radius 1 is 1.08 bits per heavy atom. The fourth-order valence-electron chi connectivity index (χ4n) is 6.43. The molecule has 0 spiro atoms. The second-order valence-electron chi connectivity index (χ2n) is 12.0. The van der Waals surface area contributed by atoms with Gasteiger partial charge in [-0.05, 0) is 90.0 Å². The summed E-state index contributed by atoms with van der Waals surface area (Å²) >= 11 is 3.36. The van der Waals surface area contributed by atoms with E-state index in [-0.39, 0.29) is 17.9 Å². The highest BCUT2D eigenvalue weighted by Crippen LogP contribution is 2.39. The van der Waals surface area contributed by atoms with E-state index in [2.05, 4.69) is 46.0 Å². The number of allylic oxidation sites excluding steroid dienone is 1. The molecule has 0 radical (unpaired) electrons. The van der Waals surface area contributed by atoms with Gasteiger partial charge < -0.3 is 23.8 Å². The molecule has 6 rings (SSSR count). The van der Waals surface area contributed by atoms with E-state index >= 15 is 0 Å². The van der Waals surface area contributed by atoms with Crippen molar-refractivity contribution in [2.75, 3.05) is 48.6 Å². The van der Waals surface area contributed by atoms with Gasteiger partial charge in [-0.15, -0.1) is 11.3 Å². The lowest BCUT2D eigenvalue weighted by Gasteiger charge is -2.42. The van der Waals surface area contributed by atoms with Gasteiger partial charge in [-0.25, -0.2) is 4.79 Å². The summed E-state index contributed by atoms with van der Waals surface area (Å²) in [5, 5.41) is 1.92. The summed E-state index contributed by atoms with van der Waals surface area (Å²) in [5.41, 5.74) is 5.07. The molecule has 2 aliphatic heterocycles. The van der Waals surface area contributed by atoms with E-state index in [9.17, 15) is 14.1 Å². The molecule has 0 N–H and O–H groups in total. The summed E-state index contributed by atoms with van der Waals surface area (Å²) in [6.07, 6.45) is 1.13. The zero-order valence-electron chi connectivity index (χ0n) is 27.9. The van der Waals surface area contributed by atoms with Crippen molar-refractivity contribution in [2.24, 2.45) is 0 Å². The van der Waals surface area contributed by atoms with Gasteiger partial charge in [0.05, 0.1) is 25.4 Å². The van der Waals surface area contributed by atoms with Crippen molar-refractivity contribution in [3.05, 3.63) is 110 Å². The summed E-state index contributed by atoms with van der Waals surface area (Å²) in [4.78, 5) is 31.7. The van der Waals surface area contributed by atoms with Crippen molar-refractivity contribution < 1.29 is 23.6 Å². The molecule has 0 saturated carbocycles. The number of halogens is 1. The Hall–Kier alpha value is -3.77. The van der Waals surface area contributed by atoms with Crippen molar-refractivity contribution in [1.29, 1.82) is 0 Å². The van der Waals surface area contributed by atoms with Crippen LogP contribution < -0.4 is 13.9 Å². The van der Waals surface area contributed by atoms with Crippen LogP contribution in [0.5, 0.6) is 5.75 Å². The van der Waals surface area contributed by atoms with Gasteiger partial charge in [-0.1, -0.05) is 42.5 Å². The Labute approximate surface area is 303 Å². The third-order valence-electron chi connectivity index (χ3n) is 8.97. The van der Waals surface area contributed by atoms with Crippen LogP contribution in [-0.4, -0.2) is 66.8 Å². The number of fused-ring (bicyclic) bond motifs is 1. The van der Waals surface area contributed by atoms with Crippen LogP contribution in [0.25, 0.3) is 5.57 Å². The number of anilines is 2. The molecular formula is C38H40BrN3O5S2. The number of carbonyl (C=O) groups is 2. The summed E-state index contributed by atoms with van der Waals surface area (Å²) in [6.45, 7) is 8.77. The molecule has 3 heterocycles. The first-order valence-electron chi connectivity index (χ1n) is 16.5. The molecule has 2 atom stereocenters. The number of hydrogen-bond acceptors (Lipinski definition) is 8. The van der Waals surface area contributed by atoms with E-state index in [1.807, 2.05) is 82.2 Å². The molecule has 1 amide bonds. The number of nitrogens with zero attached hydrogens (tertiary/aromatic N) is 3. The monoisotopic (exact) mass is 761 g/mol. The van der Waals surface area contributed by atoms with Gasteiger partial charge in [0.2, 0.25) is 0 Å². The van der Waals surface area contributed by atoms with E-state index in [1.54, 1.807) is 6.92 Å². The van der Waals surface area contributed by atoms with Gasteiger partial charge in [0.15, 0.2) is 4.90 Å². The molecule has 3 aromatic carbocycles. The van der Waals surface area contributed by atoms with Gasteiger partial charge in [0.25, 0.3) is 5.91 Å². The zero-order valence-corrected chi connectivity index (χ0v) is 31.1. The van der Waals surface area contributed by atoms with Gasteiger partial charge in [0, 0.05) is 53.8 Å². The Morgan fingerprint density at radius 3 is 2.59 bits per heavy atom. The first-order valence-corrected chi connectivity index (χ1v) is 19.3. The Balaban J connectivity index is 1.33. The Kier molecular flexibility index (Phi) is 11.3. The fraction of sp³-hybridized carbons (Fsp3) is 0.316. The number of carbonyl (C=O) groups excluding carboxylic acids is 2. The molecule has 0 aliphatic carbocycles. The first kappa shape index (κ1) is 35.1. The van der Waals surface area contributed by atoms with E-state index in [0.29, 0.717) is 73.3 Å². The molecule has 2 aliphatic rings. The molecule has 256 valence electrons. The first-order chi connectivity index (χ1) is 23.8. The van der Waals surface area contributed by atoms with Crippen LogP contribution in [0.15, 0.2) is 99.2 Å². The van der Waals surface area contributed by atoms with E-state index in [4.69, 9.17) is 9.47 Å². The molecule has 1 aromatic heterocycles. The van der Waals surface area contributed by atoms with E-state index in [0.717, 1.165) is 32.5 Å². The lowest BCUT2D eigenvalue weighted by atomic mass is 10.00. The largest absolute Gasteiger partial charge is 0.588 e. The lowest BCUT2D eigenvalue weighted by molar-refractivity contribution is -0.138. The number of benzene rings is 3. The highest BCUT2D eigenvalue weighted by atomic mass is 79.9. The van der Waals surface area contributed by atoms with Crippen LogP contribution in [-0.2, 0) is 27.3 Å². The number of esters is 1. The predicted molar refractivity (Wildman–Crippen MR) is 201 cm³/mol. The normalized spacial score (nSPS) is 16.8. The smallest absolute Gasteiger partial charge is 0.334 e. The SMILES string of the molecule is CCOC(=O)C1=C(C)c2cc([S+]([O-])N(CCc3ccccc3)c3ccccc3N3CCN(C(=O)c4sccc4Br)C[C@@H]3C)ccc2OCC1. The van der Waals surface area contributed by atoms with E-state index < -0.39 is 11.4 Å². The molecule has 1 saturated heterocycles. The van der Waals surface area contributed by atoms with Crippen LogP contribution in [0.3, 0.4) is 0 Å².